The molecule has 0 spiro atoms. The number of carbonyl (C=O) groups is 1. The molecular weight excluding hydrogens is 476 g/mol. The fourth-order valence-corrected chi connectivity index (χ4v) is 4.53. The number of halogens is 1. The first-order valence-electron chi connectivity index (χ1n) is 9.84. The fraction of sp³-hybridized carbons (Fsp3) is 0.167. The number of methoxy groups -OCH3 is 1. The second-order valence-electron chi connectivity index (χ2n) is 6.86. The number of carbonyl (C=O) groups excluding carboxylic acids is 1. The van der Waals surface area contributed by atoms with Crippen molar-refractivity contribution in [2.45, 2.75) is 6.42 Å². The lowest BCUT2D eigenvalue weighted by atomic mass is 10.2. The summed E-state index contributed by atoms with van der Waals surface area (Å²) in [5.41, 5.74) is 1.78. The number of para-hydroxylation sites is 1. The van der Waals surface area contributed by atoms with Crippen LogP contribution in [0.4, 0.5) is 5.69 Å². The molecule has 0 bridgehead atoms. The molecule has 2 aromatic carbocycles. The molecule has 2 heterocycles. The number of nitrogens with zero attached hydrogens (tertiary/aromatic N) is 2. The number of amidine groups is 1. The number of benzene rings is 2. The van der Waals surface area contributed by atoms with Crippen LogP contribution in [0.2, 0.25) is 0 Å². The molecule has 5 nitrogen and oxygen atoms in total. The highest BCUT2D eigenvalue weighted by Crippen LogP contribution is 2.35. The van der Waals surface area contributed by atoms with E-state index >= 15 is 0 Å². The molecule has 158 valence electrons. The van der Waals surface area contributed by atoms with Crippen LogP contribution in [-0.4, -0.2) is 36.2 Å². The Morgan fingerprint density at radius 3 is 2.74 bits per heavy atom. The van der Waals surface area contributed by atoms with E-state index in [1.807, 2.05) is 66.7 Å². The lowest BCUT2D eigenvalue weighted by molar-refractivity contribution is -0.122. The number of amides is 1. The number of hydrogen-bond acceptors (Lipinski definition) is 5. The molecule has 1 amide bonds. The van der Waals surface area contributed by atoms with Crippen LogP contribution in [0.1, 0.15) is 12.2 Å². The molecule has 3 aromatic rings. The van der Waals surface area contributed by atoms with Gasteiger partial charge in [-0.1, -0.05) is 46.3 Å². The molecule has 4 rings (SSSR count). The lowest BCUT2D eigenvalue weighted by Crippen LogP contribution is -2.30. The Kier molecular flexibility index (Phi) is 7.06. The SMILES string of the molecule is COCCCN1C(=O)/C(=C/c2ccc(-c3cccc(Br)c3)o2)SC1=Nc1ccccc1. The van der Waals surface area contributed by atoms with E-state index in [1.54, 1.807) is 18.1 Å². The Labute approximate surface area is 193 Å². The van der Waals surface area contributed by atoms with E-state index in [4.69, 9.17) is 14.1 Å². The maximum Gasteiger partial charge on any atom is 0.266 e. The van der Waals surface area contributed by atoms with E-state index < -0.39 is 0 Å². The van der Waals surface area contributed by atoms with E-state index in [9.17, 15) is 4.79 Å². The summed E-state index contributed by atoms with van der Waals surface area (Å²) in [7, 11) is 1.66. The standard InChI is InChI=1S/C24H21BrN2O3S/c1-29-14-6-13-27-23(28)22(31-24(27)26-19-9-3-2-4-10-19)16-20-11-12-21(30-20)17-7-5-8-18(25)15-17/h2-5,7-12,15-16H,6,13-14H2,1H3/b22-16-,26-24?. The van der Waals surface area contributed by atoms with Gasteiger partial charge in [-0.25, -0.2) is 4.99 Å². The molecule has 1 aromatic heterocycles. The van der Waals surface area contributed by atoms with Crippen molar-refractivity contribution >= 4 is 50.5 Å². The van der Waals surface area contributed by atoms with Crippen molar-refractivity contribution in [1.82, 2.24) is 4.90 Å². The van der Waals surface area contributed by atoms with Crippen LogP contribution >= 0.6 is 27.7 Å². The first kappa shape index (κ1) is 21.6. The first-order valence-corrected chi connectivity index (χ1v) is 11.4. The molecule has 31 heavy (non-hydrogen) atoms. The molecule has 0 aliphatic carbocycles. The summed E-state index contributed by atoms with van der Waals surface area (Å²) in [5.74, 6) is 1.30. The van der Waals surface area contributed by atoms with E-state index in [-0.39, 0.29) is 5.91 Å². The minimum Gasteiger partial charge on any atom is -0.457 e. The zero-order valence-electron chi connectivity index (χ0n) is 17.0. The maximum absolute atomic E-state index is 13.1. The summed E-state index contributed by atoms with van der Waals surface area (Å²) in [5, 5.41) is 0.664. The van der Waals surface area contributed by atoms with Gasteiger partial charge in [0.25, 0.3) is 5.91 Å². The van der Waals surface area contributed by atoms with Gasteiger partial charge in [0, 0.05) is 36.4 Å². The molecule has 1 aliphatic rings. The first-order chi connectivity index (χ1) is 15.1. The number of ether oxygens (including phenoxy) is 1. The zero-order chi connectivity index (χ0) is 21.6. The van der Waals surface area contributed by atoms with E-state index in [1.165, 1.54) is 11.8 Å². The summed E-state index contributed by atoms with van der Waals surface area (Å²) in [4.78, 5) is 20.1. The highest BCUT2D eigenvalue weighted by molar-refractivity contribution is 9.10. The molecule has 0 radical (unpaired) electrons. The molecule has 0 saturated carbocycles. The van der Waals surface area contributed by atoms with Crippen LogP contribution in [0.3, 0.4) is 0 Å². The molecular formula is C24H21BrN2O3S. The smallest absolute Gasteiger partial charge is 0.266 e. The van der Waals surface area contributed by atoms with Gasteiger partial charge in [-0.2, -0.15) is 0 Å². The van der Waals surface area contributed by atoms with Crippen molar-refractivity contribution in [2.24, 2.45) is 4.99 Å². The number of rotatable bonds is 7. The lowest BCUT2D eigenvalue weighted by Gasteiger charge is -2.15. The van der Waals surface area contributed by atoms with Gasteiger partial charge in [-0.15, -0.1) is 0 Å². The highest BCUT2D eigenvalue weighted by atomic mass is 79.9. The van der Waals surface area contributed by atoms with Crippen LogP contribution in [0.15, 0.2) is 85.5 Å². The van der Waals surface area contributed by atoms with Gasteiger partial charge in [-0.3, -0.25) is 9.69 Å². The Morgan fingerprint density at radius 1 is 1.13 bits per heavy atom. The third-order valence-electron chi connectivity index (χ3n) is 4.61. The van der Waals surface area contributed by atoms with Gasteiger partial charge in [-0.05, 0) is 54.6 Å². The average molecular weight is 497 g/mol. The monoisotopic (exact) mass is 496 g/mol. The van der Waals surface area contributed by atoms with Crippen molar-refractivity contribution in [2.75, 3.05) is 20.3 Å². The number of hydrogen-bond donors (Lipinski definition) is 0. The van der Waals surface area contributed by atoms with E-state index in [0.717, 1.165) is 27.9 Å². The Morgan fingerprint density at radius 2 is 1.97 bits per heavy atom. The summed E-state index contributed by atoms with van der Waals surface area (Å²) >= 11 is 4.84. The van der Waals surface area contributed by atoms with Crippen molar-refractivity contribution in [3.63, 3.8) is 0 Å². The predicted molar refractivity (Wildman–Crippen MR) is 129 cm³/mol. The van der Waals surface area contributed by atoms with Gasteiger partial charge >= 0.3 is 0 Å². The van der Waals surface area contributed by atoms with Gasteiger partial charge in [0.2, 0.25) is 0 Å². The van der Waals surface area contributed by atoms with Crippen LogP contribution < -0.4 is 0 Å². The molecule has 1 fully saturated rings. The summed E-state index contributed by atoms with van der Waals surface area (Å²) in [6.07, 6.45) is 2.52. The van der Waals surface area contributed by atoms with Crippen LogP contribution in [0.5, 0.6) is 0 Å². The minimum absolute atomic E-state index is 0.0730. The molecule has 1 saturated heterocycles. The van der Waals surface area contributed by atoms with Crippen LogP contribution in [0, 0.1) is 0 Å². The quantitative estimate of drug-likeness (QED) is 0.282. The minimum atomic E-state index is -0.0730. The number of aliphatic imine (C=N–C) groups is 1. The predicted octanol–water partition coefficient (Wildman–Crippen LogP) is 6.35. The largest absolute Gasteiger partial charge is 0.457 e. The van der Waals surface area contributed by atoms with E-state index in [2.05, 4.69) is 15.9 Å². The molecule has 1 aliphatic heterocycles. The zero-order valence-corrected chi connectivity index (χ0v) is 19.4. The van der Waals surface area contributed by atoms with Gasteiger partial charge in [0.05, 0.1) is 10.6 Å². The second-order valence-corrected chi connectivity index (χ2v) is 8.78. The molecule has 0 atom stereocenters. The molecule has 7 heteroatoms. The Balaban J connectivity index is 1.60. The fourth-order valence-electron chi connectivity index (χ4n) is 3.13. The third-order valence-corrected chi connectivity index (χ3v) is 6.11. The van der Waals surface area contributed by atoms with Gasteiger partial charge in [0.1, 0.15) is 11.5 Å². The Hall–Kier alpha value is -2.61. The van der Waals surface area contributed by atoms with Crippen molar-refractivity contribution in [3.05, 3.63) is 81.9 Å². The molecule has 0 N–H and O–H groups in total. The van der Waals surface area contributed by atoms with Crippen LogP contribution in [0.25, 0.3) is 17.4 Å². The summed E-state index contributed by atoms with van der Waals surface area (Å²) in [6.45, 7) is 1.13. The van der Waals surface area contributed by atoms with Gasteiger partial charge < -0.3 is 9.15 Å². The van der Waals surface area contributed by atoms with Crippen molar-refractivity contribution in [1.29, 1.82) is 0 Å². The maximum atomic E-state index is 13.1. The van der Waals surface area contributed by atoms with E-state index in [0.29, 0.717) is 29.0 Å². The molecule has 0 unspecified atom stereocenters. The number of thioether (sulfide) groups is 1. The summed E-state index contributed by atoms with van der Waals surface area (Å²) < 4.78 is 12.1. The topological polar surface area (TPSA) is 55.0 Å². The number of furan rings is 1. The third kappa shape index (κ3) is 5.36. The highest BCUT2D eigenvalue weighted by Gasteiger charge is 2.33. The van der Waals surface area contributed by atoms with Crippen molar-refractivity contribution in [3.8, 4) is 11.3 Å². The second kappa shape index (κ2) is 10.1. The van der Waals surface area contributed by atoms with Crippen molar-refractivity contribution < 1.29 is 13.9 Å². The summed E-state index contributed by atoms with van der Waals surface area (Å²) in [6, 6.07) is 21.3. The average Bonchev–Trinajstić information content (AvgIpc) is 3.35. The Bertz CT molecular complexity index is 1120. The van der Waals surface area contributed by atoms with Crippen LogP contribution in [-0.2, 0) is 9.53 Å². The van der Waals surface area contributed by atoms with Gasteiger partial charge in [0.15, 0.2) is 5.17 Å². The normalized spacial score (nSPS) is 16.6.